The summed E-state index contributed by atoms with van der Waals surface area (Å²) in [4.78, 5) is 15.2. The largest absolute Gasteiger partial charge is 0.345 e. The Labute approximate surface area is 175 Å². The Kier molecular flexibility index (Phi) is 5.75. The number of amides is 1. The second kappa shape index (κ2) is 8.78. The zero-order valence-corrected chi connectivity index (χ0v) is 16.7. The molecule has 4 heteroatoms. The Hall–Kier alpha value is -3.66. The summed E-state index contributed by atoms with van der Waals surface area (Å²) in [5.41, 5.74) is 2.70. The minimum atomic E-state index is -0.246. The van der Waals surface area contributed by atoms with Crippen molar-refractivity contribution < 1.29 is 9.18 Å². The third kappa shape index (κ3) is 4.18. The van der Waals surface area contributed by atoms with Crippen LogP contribution in [0.1, 0.15) is 21.6 Å². The molecule has 1 heterocycles. The van der Waals surface area contributed by atoms with E-state index in [1.165, 1.54) is 12.1 Å². The number of carbonyl (C=O) groups is 1. The number of carbonyl (C=O) groups excluding carboxylic acids is 1. The van der Waals surface area contributed by atoms with Crippen molar-refractivity contribution in [3.63, 3.8) is 0 Å². The molecule has 4 aromatic rings. The second-order valence-electron chi connectivity index (χ2n) is 7.25. The maximum absolute atomic E-state index is 13.4. The van der Waals surface area contributed by atoms with Crippen molar-refractivity contribution in [3.05, 3.63) is 120 Å². The molecule has 0 aliphatic rings. The molecule has 0 fully saturated rings. The van der Waals surface area contributed by atoms with Crippen molar-refractivity contribution >= 4 is 16.7 Å². The van der Waals surface area contributed by atoms with E-state index < -0.39 is 0 Å². The second-order valence-corrected chi connectivity index (χ2v) is 7.25. The third-order valence-electron chi connectivity index (χ3n) is 5.20. The zero-order valence-electron chi connectivity index (χ0n) is 16.7. The van der Waals surface area contributed by atoms with Crippen LogP contribution >= 0.6 is 0 Å². The van der Waals surface area contributed by atoms with Crippen LogP contribution in [0.15, 0.2) is 97.7 Å². The molecular weight excluding hydrogens is 375 g/mol. The van der Waals surface area contributed by atoms with Gasteiger partial charge in [-0.25, -0.2) is 4.39 Å². The van der Waals surface area contributed by atoms with Gasteiger partial charge in [0, 0.05) is 30.5 Å². The first-order valence-corrected chi connectivity index (χ1v) is 9.92. The van der Waals surface area contributed by atoms with Gasteiger partial charge in [-0.15, -0.1) is 6.58 Å². The first-order valence-electron chi connectivity index (χ1n) is 9.92. The van der Waals surface area contributed by atoms with Crippen LogP contribution < -0.4 is 0 Å². The highest BCUT2D eigenvalue weighted by atomic mass is 19.1. The summed E-state index contributed by atoms with van der Waals surface area (Å²) in [6.07, 6.45) is 3.73. The number of rotatable bonds is 7. The number of benzene rings is 3. The fraction of sp³-hybridized carbons (Fsp3) is 0.115. The fourth-order valence-corrected chi connectivity index (χ4v) is 3.69. The molecular formula is C26H23FN2O. The van der Waals surface area contributed by atoms with Crippen molar-refractivity contribution in [2.75, 3.05) is 6.54 Å². The Morgan fingerprint density at radius 3 is 2.53 bits per heavy atom. The molecule has 1 aromatic heterocycles. The molecule has 0 N–H and O–H groups in total. The van der Waals surface area contributed by atoms with E-state index in [2.05, 4.69) is 11.1 Å². The molecule has 4 rings (SSSR count). The highest BCUT2D eigenvalue weighted by Gasteiger charge is 2.18. The molecule has 0 saturated heterocycles. The van der Waals surface area contributed by atoms with Crippen LogP contribution in [-0.2, 0) is 13.1 Å². The summed E-state index contributed by atoms with van der Waals surface area (Å²) in [7, 11) is 0. The maximum atomic E-state index is 13.4. The lowest BCUT2D eigenvalue weighted by molar-refractivity contribution is 0.0761. The third-order valence-corrected chi connectivity index (χ3v) is 5.20. The minimum absolute atomic E-state index is 0.0266. The first-order chi connectivity index (χ1) is 14.7. The van der Waals surface area contributed by atoms with Crippen molar-refractivity contribution in [3.8, 4) is 0 Å². The van der Waals surface area contributed by atoms with Gasteiger partial charge in [0.2, 0.25) is 0 Å². The van der Waals surface area contributed by atoms with Gasteiger partial charge >= 0.3 is 0 Å². The van der Waals surface area contributed by atoms with Gasteiger partial charge in [0.1, 0.15) is 5.82 Å². The van der Waals surface area contributed by atoms with Gasteiger partial charge in [0.25, 0.3) is 5.91 Å². The van der Waals surface area contributed by atoms with Crippen LogP contribution in [0.3, 0.4) is 0 Å². The number of halogens is 1. The topological polar surface area (TPSA) is 25.2 Å². The van der Waals surface area contributed by atoms with Gasteiger partial charge in [-0.1, -0.05) is 54.6 Å². The maximum Gasteiger partial charge on any atom is 0.255 e. The van der Waals surface area contributed by atoms with Crippen molar-refractivity contribution in [1.29, 1.82) is 0 Å². The molecule has 150 valence electrons. The number of nitrogens with zero attached hydrogens (tertiary/aromatic N) is 2. The van der Waals surface area contributed by atoms with E-state index in [1.807, 2.05) is 60.8 Å². The van der Waals surface area contributed by atoms with Gasteiger partial charge in [0.05, 0.1) is 6.54 Å². The summed E-state index contributed by atoms with van der Waals surface area (Å²) in [6.45, 7) is 5.36. The van der Waals surface area contributed by atoms with E-state index in [9.17, 15) is 9.18 Å². The lowest BCUT2D eigenvalue weighted by Gasteiger charge is -2.23. The molecule has 0 aliphatic heterocycles. The van der Waals surface area contributed by atoms with Crippen LogP contribution in [0.25, 0.3) is 10.8 Å². The minimum Gasteiger partial charge on any atom is -0.345 e. The summed E-state index contributed by atoms with van der Waals surface area (Å²) in [5.74, 6) is -0.273. The molecule has 0 spiro atoms. The molecule has 30 heavy (non-hydrogen) atoms. The summed E-state index contributed by atoms with van der Waals surface area (Å²) >= 11 is 0. The molecule has 1 amide bonds. The average Bonchev–Trinajstić information content (AvgIpc) is 3.20. The molecule has 0 aliphatic carbocycles. The summed E-state index contributed by atoms with van der Waals surface area (Å²) in [5, 5.41) is 1.99. The smallest absolute Gasteiger partial charge is 0.255 e. The predicted octanol–water partition coefficient (Wildman–Crippen LogP) is 5.66. The molecule has 0 saturated carbocycles. The Morgan fingerprint density at radius 2 is 1.73 bits per heavy atom. The van der Waals surface area contributed by atoms with Crippen molar-refractivity contribution in [2.24, 2.45) is 0 Å². The molecule has 0 unspecified atom stereocenters. The van der Waals surface area contributed by atoms with Crippen molar-refractivity contribution in [2.45, 2.75) is 13.1 Å². The van der Waals surface area contributed by atoms with Crippen LogP contribution in [-0.4, -0.2) is 21.9 Å². The number of hydrogen-bond donors (Lipinski definition) is 0. The highest BCUT2D eigenvalue weighted by molar-refractivity contribution is 6.07. The SMILES string of the molecule is C=CCN(Cc1cccn1Cc1ccc(F)cc1)C(=O)c1cccc2ccccc12. The van der Waals surface area contributed by atoms with Crippen LogP contribution in [0.2, 0.25) is 0 Å². The zero-order chi connectivity index (χ0) is 20.9. The average molecular weight is 398 g/mol. The van der Waals surface area contributed by atoms with E-state index in [-0.39, 0.29) is 11.7 Å². The van der Waals surface area contributed by atoms with Gasteiger partial charge in [0.15, 0.2) is 0 Å². The lowest BCUT2D eigenvalue weighted by atomic mass is 10.0. The highest BCUT2D eigenvalue weighted by Crippen LogP contribution is 2.21. The summed E-state index contributed by atoms with van der Waals surface area (Å²) < 4.78 is 15.3. The number of hydrogen-bond acceptors (Lipinski definition) is 1. The molecule has 0 radical (unpaired) electrons. The quantitative estimate of drug-likeness (QED) is 0.369. The van der Waals surface area contributed by atoms with Gasteiger partial charge in [-0.3, -0.25) is 4.79 Å². The monoisotopic (exact) mass is 398 g/mol. The van der Waals surface area contributed by atoms with Crippen LogP contribution in [0.5, 0.6) is 0 Å². The van der Waals surface area contributed by atoms with E-state index >= 15 is 0 Å². The number of aromatic nitrogens is 1. The standard InChI is InChI=1S/C26H23FN2O/c1-2-16-29(26(30)25-11-5-8-21-7-3-4-10-24(21)25)19-23-9-6-17-28(23)18-20-12-14-22(27)15-13-20/h2-15,17H,1,16,18-19H2. The van der Waals surface area contributed by atoms with E-state index in [1.54, 1.807) is 23.1 Å². The van der Waals surface area contributed by atoms with E-state index in [0.717, 1.165) is 22.0 Å². The summed E-state index contributed by atoms with van der Waals surface area (Å²) in [6, 6.07) is 24.2. The number of fused-ring (bicyclic) bond motifs is 1. The van der Waals surface area contributed by atoms with Gasteiger partial charge in [-0.2, -0.15) is 0 Å². The molecule has 3 nitrogen and oxygen atoms in total. The molecule has 0 bridgehead atoms. The van der Waals surface area contributed by atoms with Crippen molar-refractivity contribution in [1.82, 2.24) is 9.47 Å². The normalized spacial score (nSPS) is 10.8. The van der Waals surface area contributed by atoms with Crippen LogP contribution in [0.4, 0.5) is 4.39 Å². The molecule has 3 aromatic carbocycles. The van der Waals surface area contributed by atoms with Gasteiger partial charge in [-0.05, 0) is 46.7 Å². The van der Waals surface area contributed by atoms with E-state index in [0.29, 0.717) is 25.2 Å². The van der Waals surface area contributed by atoms with Crippen LogP contribution in [0, 0.1) is 5.82 Å². The predicted molar refractivity (Wildman–Crippen MR) is 119 cm³/mol. The first kappa shape index (κ1) is 19.6. The Balaban J connectivity index is 1.60. The van der Waals surface area contributed by atoms with Gasteiger partial charge < -0.3 is 9.47 Å². The lowest BCUT2D eigenvalue weighted by Crippen LogP contribution is -2.31. The Bertz CT molecular complexity index is 1170. The fourth-order valence-electron chi connectivity index (χ4n) is 3.69. The Morgan fingerprint density at radius 1 is 0.967 bits per heavy atom. The van der Waals surface area contributed by atoms with E-state index in [4.69, 9.17) is 0 Å². The molecule has 0 atom stereocenters.